The fraction of sp³-hybridized carbons (Fsp3) is 0.533. The van der Waals surface area contributed by atoms with Crippen LogP contribution in [0.15, 0.2) is 12.3 Å². The Kier molecular flexibility index (Phi) is 5.72. The van der Waals surface area contributed by atoms with Crippen LogP contribution in [0.2, 0.25) is 0 Å². The van der Waals surface area contributed by atoms with E-state index in [9.17, 15) is 0 Å². The third kappa shape index (κ3) is 4.20. The Morgan fingerprint density at radius 2 is 2.24 bits per heavy atom. The van der Waals surface area contributed by atoms with Gasteiger partial charge in [0.2, 0.25) is 0 Å². The fourth-order valence-electron chi connectivity index (χ4n) is 1.97. The summed E-state index contributed by atoms with van der Waals surface area (Å²) in [6.07, 6.45) is 10.1. The van der Waals surface area contributed by atoms with Crippen molar-refractivity contribution in [2.24, 2.45) is 0 Å². The average molecular weight is 230 g/mol. The van der Waals surface area contributed by atoms with E-state index in [1.54, 1.807) is 0 Å². The zero-order valence-corrected chi connectivity index (χ0v) is 11.1. The number of pyridine rings is 1. The summed E-state index contributed by atoms with van der Waals surface area (Å²) in [5, 5.41) is 3.52. The molecule has 1 aromatic rings. The molecule has 0 bridgehead atoms. The topological polar surface area (TPSA) is 24.9 Å². The van der Waals surface area contributed by atoms with Crippen LogP contribution in [-0.2, 0) is 0 Å². The van der Waals surface area contributed by atoms with Gasteiger partial charge in [0.1, 0.15) is 0 Å². The molecule has 0 radical (unpaired) electrons. The van der Waals surface area contributed by atoms with Crippen LogP contribution in [0.3, 0.4) is 0 Å². The van der Waals surface area contributed by atoms with Gasteiger partial charge in [0, 0.05) is 12.6 Å². The van der Waals surface area contributed by atoms with Crippen molar-refractivity contribution in [2.75, 3.05) is 6.54 Å². The molecule has 0 aliphatic rings. The second-order valence-electron chi connectivity index (χ2n) is 4.46. The molecule has 0 amide bonds. The van der Waals surface area contributed by atoms with Gasteiger partial charge >= 0.3 is 0 Å². The maximum absolute atomic E-state index is 5.35. The summed E-state index contributed by atoms with van der Waals surface area (Å²) in [7, 11) is 0. The Morgan fingerprint density at radius 3 is 2.82 bits per heavy atom. The molecular formula is C15H22N2. The molecule has 2 nitrogen and oxygen atoms in total. The van der Waals surface area contributed by atoms with E-state index in [-0.39, 0.29) is 6.04 Å². The van der Waals surface area contributed by atoms with Gasteiger partial charge in [-0.3, -0.25) is 4.98 Å². The number of aryl methyl sites for hydroxylation is 2. The van der Waals surface area contributed by atoms with Gasteiger partial charge in [0.25, 0.3) is 0 Å². The molecule has 0 spiro atoms. The lowest BCUT2D eigenvalue weighted by Gasteiger charge is -2.19. The van der Waals surface area contributed by atoms with Crippen molar-refractivity contribution in [3.63, 3.8) is 0 Å². The molecule has 1 atom stereocenters. The second kappa shape index (κ2) is 7.09. The maximum atomic E-state index is 5.35. The third-order valence-corrected chi connectivity index (χ3v) is 2.80. The van der Waals surface area contributed by atoms with Gasteiger partial charge in [0.15, 0.2) is 0 Å². The first-order valence-electron chi connectivity index (χ1n) is 6.29. The normalized spacial score (nSPS) is 12.1. The van der Waals surface area contributed by atoms with Crippen molar-refractivity contribution in [3.05, 3.63) is 29.1 Å². The monoisotopic (exact) mass is 230 g/mol. The lowest BCUT2D eigenvalue weighted by atomic mass is 10.0. The standard InChI is InChI=1S/C15H22N2/c1-5-7-8-14(16-9-6-2)15-13(4)10-12(3)11-17-15/h1,10-11,14,16H,6-9H2,2-4H3. The minimum atomic E-state index is 0.284. The van der Waals surface area contributed by atoms with Gasteiger partial charge in [-0.25, -0.2) is 0 Å². The van der Waals surface area contributed by atoms with Crippen LogP contribution in [-0.4, -0.2) is 11.5 Å². The molecule has 0 aliphatic carbocycles. The van der Waals surface area contributed by atoms with Crippen molar-refractivity contribution in [1.29, 1.82) is 0 Å². The van der Waals surface area contributed by atoms with E-state index in [0.29, 0.717) is 0 Å². The Hall–Kier alpha value is -1.33. The van der Waals surface area contributed by atoms with Gasteiger partial charge in [-0.05, 0) is 44.4 Å². The number of nitrogens with one attached hydrogen (secondary N) is 1. The van der Waals surface area contributed by atoms with Gasteiger partial charge < -0.3 is 5.32 Å². The minimum Gasteiger partial charge on any atom is -0.309 e. The van der Waals surface area contributed by atoms with Gasteiger partial charge in [0.05, 0.1) is 11.7 Å². The van der Waals surface area contributed by atoms with Crippen LogP contribution < -0.4 is 5.32 Å². The summed E-state index contributed by atoms with van der Waals surface area (Å²) in [5.41, 5.74) is 3.59. The zero-order chi connectivity index (χ0) is 12.7. The summed E-state index contributed by atoms with van der Waals surface area (Å²) in [6.45, 7) is 7.36. The highest BCUT2D eigenvalue weighted by molar-refractivity contribution is 5.25. The predicted octanol–water partition coefficient (Wildman–Crippen LogP) is 3.15. The van der Waals surface area contributed by atoms with Crippen molar-refractivity contribution >= 4 is 0 Å². The fourth-order valence-corrected chi connectivity index (χ4v) is 1.97. The average Bonchev–Trinajstić information content (AvgIpc) is 2.30. The first kappa shape index (κ1) is 13.7. The molecule has 0 aliphatic heterocycles. The summed E-state index contributed by atoms with van der Waals surface area (Å²) in [6, 6.07) is 2.46. The van der Waals surface area contributed by atoms with E-state index < -0.39 is 0 Å². The Balaban J connectivity index is 2.83. The van der Waals surface area contributed by atoms with Crippen LogP contribution >= 0.6 is 0 Å². The van der Waals surface area contributed by atoms with Crippen molar-refractivity contribution < 1.29 is 0 Å². The Morgan fingerprint density at radius 1 is 1.47 bits per heavy atom. The molecule has 1 heterocycles. The van der Waals surface area contributed by atoms with E-state index in [1.165, 1.54) is 11.1 Å². The van der Waals surface area contributed by atoms with Crippen molar-refractivity contribution in [1.82, 2.24) is 10.3 Å². The Labute approximate surface area is 105 Å². The summed E-state index contributed by atoms with van der Waals surface area (Å²) in [4.78, 5) is 4.55. The van der Waals surface area contributed by atoms with Gasteiger partial charge in [-0.1, -0.05) is 13.0 Å². The quantitative estimate of drug-likeness (QED) is 0.759. The number of terminal acetylenes is 1. The SMILES string of the molecule is C#CCCC(NCCC)c1ncc(C)cc1C. The minimum absolute atomic E-state index is 0.284. The van der Waals surface area contributed by atoms with Crippen molar-refractivity contribution in [3.8, 4) is 12.3 Å². The molecule has 0 saturated heterocycles. The molecule has 92 valence electrons. The number of nitrogens with zero attached hydrogens (tertiary/aromatic N) is 1. The van der Waals surface area contributed by atoms with Gasteiger partial charge in [-0.2, -0.15) is 0 Å². The molecule has 0 saturated carbocycles. The van der Waals surface area contributed by atoms with Crippen LogP contribution in [0.4, 0.5) is 0 Å². The van der Waals surface area contributed by atoms with Crippen LogP contribution in [0, 0.1) is 26.2 Å². The summed E-state index contributed by atoms with van der Waals surface area (Å²) >= 11 is 0. The number of hydrogen-bond donors (Lipinski definition) is 1. The highest BCUT2D eigenvalue weighted by atomic mass is 14.9. The lowest BCUT2D eigenvalue weighted by molar-refractivity contribution is 0.492. The first-order chi connectivity index (χ1) is 8.19. The first-order valence-corrected chi connectivity index (χ1v) is 6.29. The second-order valence-corrected chi connectivity index (χ2v) is 4.46. The van der Waals surface area contributed by atoms with E-state index in [4.69, 9.17) is 6.42 Å². The van der Waals surface area contributed by atoms with E-state index in [1.807, 2.05) is 6.20 Å². The Bertz CT molecular complexity index is 390. The number of rotatable bonds is 6. The summed E-state index contributed by atoms with van der Waals surface area (Å²) in [5.74, 6) is 2.71. The van der Waals surface area contributed by atoms with Crippen molar-refractivity contribution in [2.45, 2.75) is 46.1 Å². The van der Waals surface area contributed by atoms with E-state index >= 15 is 0 Å². The van der Waals surface area contributed by atoms with Crippen LogP contribution in [0.1, 0.15) is 49.0 Å². The van der Waals surface area contributed by atoms with E-state index in [0.717, 1.165) is 31.5 Å². The number of aromatic nitrogens is 1. The molecule has 2 heteroatoms. The molecule has 1 aromatic heterocycles. The van der Waals surface area contributed by atoms with Crippen LogP contribution in [0.25, 0.3) is 0 Å². The molecule has 1 unspecified atom stereocenters. The molecule has 1 rings (SSSR count). The zero-order valence-electron chi connectivity index (χ0n) is 11.1. The maximum Gasteiger partial charge on any atom is 0.0602 e. The van der Waals surface area contributed by atoms with E-state index in [2.05, 4.69) is 43.1 Å². The predicted molar refractivity (Wildman–Crippen MR) is 72.8 cm³/mol. The number of hydrogen-bond acceptors (Lipinski definition) is 2. The molecule has 0 aromatic carbocycles. The lowest BCUT2D eigenvalue weighted by Crippen LogP contribution is -2.23. The molecule has 17 heavy (non-hydrogen) atoms. The highest BCUT2D eigenvalue weighted by Gasteiger charge is 2.13. The van der Waals surface area contributed by atoms with Crippen LogP contribution in [0.5, 0.6) is 0 Å². The smallest absolute Gasteiger partial charge is 0.0602 e. The summed E-state index contributed by atoms with van der Waals surface area (Å²) < 4.78 is 0. The molecular weight excluding hydrogens is 208 g/mol. The van der Waals surface area contributed by atoms with Gasteiger partial charge in [-0.15, -0.1) is 12.3 Å². The molecule has 0 fully saturated rings. The highest BCUT2D eigenvalue weighted by Crippen LogP contribution is 2.20. The third-order valence-electron chi connectivity index (χ3n) is 2.80. The molecule has 1 N–H and O–H groups in total. The largest absolute Gasteiger partial charge is 0.309 e.